The molecule has 1 aromatic carbocycles. The number of aryl methyl sites for hydroxylation is 1. The summed E-state index contributed by atoms with van der Waals surface area (Å²) < 4.78 is 7.12. The lowest BCUT2D eigenvalue weighted by Gasteiger charge is -2.19. The standard InChI is InChI=1S/C23H26N2O4S/c1-6-14(3)25-21(26)20(30-23(25)28)13-18-11-15(4)24(16(18)5)19-10-8-9-17(12-19)22(27)29-7-2/h8-14H,6-7H2,1-5H3/b20-13+/t14-/m0/s1. The summed E-state index contributed by atoms with van der Waals surface area (Å²) in [4.78, 5) is 38.9. The lowest BCUT2D eigenvalue weighted by molar-refractivity contribution is -0.124. The molecule has 1 aromatic heterocycles. The predicted molar refractivity (Wildman–Crippen MR) is 119 cm³/mol. The summed E-state index contributed by atoms with van der Waals surface area (Å²) in [7, 11) is 0. The van der Waals surface area contributed by atoms with Crippen LogP contribution in [-0.2, 0) is 9.53 Å². The Morgan fingerprint density at radius 2 is 1.93 bits per heavy atom. The van der Waals surface area contributed by atoms with Crippen molar-refractivity contribution in [2.24, 2.45) is 0 Å². The van der Waals surface area contributed by atoms with Gasteiger partial charge in [-0.15, -0.1) is 0 Å². The number of nitrogens with zero attached hydrogens (tertiary/aromatic N) is 2. The Balaban J connectivity index is 1.97. The van der Waals surface area contributed by atoms with Crippen LogP contribution >= 0.6 is 11.8 Å². The number of amides is 2. The molecule has 6 nitrogen and oxygen atoms in total. The maximum Gasteiger partial charge on any atom is 0.338 e. The summed E-state index contributed by atoms with van der Waals surface area (Å²) in [6.45, 7) is 9.84. The first kappa shape index (κ1) is 21.9. The number of benzene rings is 1. The van der Waals surface area contributed by atoms with E-state index < -0.39 is 0 Å². The number of thioether (sulfide) groups is 1. The molecular weight excluding hydrogens is 400 g/mol. The van der Waals surface area contributed by atoms with E-state index in [1.165, 1.54) is 4.90 Å². The van der Waals surface area contributed by atoms with Crippen molar-refractivity contribution in [3.63, 3.8) is 0 Å². The first-order valence-corrected chi connectivity index (χ1v) is 10.8. The predicted octanol–water partition coefficient (Wildman–Crippen LogP) is 5.11. The normalized spacial score (nSPS) is 16.4. The smallest absolute Gasteiger partial charge is 0.338 e. The van der Waals surface area contributed by atoms with Crippen LogP contribution in [0.1, 0.15) is 54.5 Å². The van der Waals surface area contributed by atoms with Gasteiger partial charge in [0.25, 0.3) is 11.1 Å². The van der Waals surface area contributed by atoms with Gasteiger partial charge >= 0.3 is 5.97 Å². The minimum Gasteiger partial charge on any atom is -0.462 e. The molecule has 0 unspecified atom stereocenters. The zero-order valence-corrected chi connectivity index (χ0v) is 18.7. The number of esters is 1. The van der Waals surface area contributed by atoms with E-state index >= 15 is 0 Å². The second kappa shape index (κ2) is 8.92. The molecule has 1 atom stereocenters. The number of rotatable bonds is 6. The van der Waals surface area contributed by atoms with Crippen LogP contribution in [-0.4, -0.2) is 39.2 Å². The number of hydrogen-bond donors (Lipinski definition) is 0. The zero-order valence-electron chi connectivity index (χ0n) is 17.9. The van der Waals surface area contributed by atoms with Crippen LogP contribution in [0.2, 0.25) is 0 Å². The van der Waals surface area contributed by atoms with Crippen LogP contribution < -0.4 is 0 Å². The van der Waals surface area contributed by atoms with Crippen molar-refractivity contribution in [3.05, 3.63) is 57.8 Å². The number of carbonyl (C=O) groups excluding carboxylic acids is 3. The van der Waals surface area contributed by atoms with Gasteiger partial charge in [-0.1, -0.05) is 13.0 Å². The molecule has 0 N–H and O–H groups in total. The van der Waals surface area contributed by atoms with Crippen LogP contribution in [0, 0.1) is 13.8 Å². The topological polar surface area (TPSA) is 68.6 Å². The third kappa shape index (κ3) is 4.07. The highest BCUT2D eigenvalue weighted by atomic mass is 32.2. The summed E-state index contributed by atoms with van der Waals surface area (Å²) in [5.74, 6) is -0.603. The Morgan fingerprint density at radius 1 is 1.20 bits per heavy atom. The molecule has 0 bridgehead atoms. The van der Waals surface area contributed by atoms with E-state index in [0.29, 0.717) is 17.1 Å². The Bertz CT molecular complexity index is 1040. The number of hydrogen-bond acceptors (Lipinski definition) is 5. The van der Waals surface area contributed by atoms with Crippen LogP contribution in [0.15, 0.2) is 35.2 Å². The van der Waals surface area contributed by atoms with Crippen molar-refractivity contribution in [2.75, 3.05) is 6.61 Å². The maximum atomic E-state index is 12.7. The molecule has 1 saturated heterocycles. The number of imide groups is 1. The molecule has 30 heavy (non-hydrogen) atoms. The quantitative estimate of drug-likeness (QED) is 0.474. The SMILES string of the molecule is CCOC(=O)c1cccc(-n2c(C)cc(/C=C3/SC(=O)N([C@@H](C)CC)C3=O)c2C)c1. The minimum absolute atomic E-state index is 0.124. The molecule has 2 heterocycles. The van der Waals surface area contributed by atoms with Gasteiger partial charge in [0, 0.05) is 23.1 Å². The molecule has 7 heteroatoms. The maximum absolute atomic E-state index is 12.7. The van der Waals surface area contributed by atoms with Crippen LogP contribution in [0.4, 0.5) is 4.79 Å². The molecule has 3 rings (SSSR count). The second-order valence-corrected chi connectivity index (χ2v) is 8.23. The Hall–Kier alpha value is -2.80. The van der Waals surface area contributed by atoms with E-state index in [1.807, 2.05) is 50.5 Å². The van der Waals surface area contributed by atoms with E-state index in [1.54, 1.807) is 25.1 Å². The van der Waals surface area contributed by atoms with Gasteiger partial charge in [0.1, 0.15) is 0 Å². The fourth-order valence-electron chi connectivity index (χ4n) is 3.50. The Morgan fingerprint density at radius 3 is 2.60 bits per heavy atom. The summed E-state index contributed by atoms with van der Waals surface area (Å²) >= 11 is 0.980. The second-order valence-electron chi connectivity index (χ2n) is 7.24. The van der Waals surface area contributed by atoms with Crippen molar-refractivity contribution in [3.8, 4) is 5.69 Å². The highest BCUT2D eigenvalue weighted by Gasteiger charge is 2.37. The fraction of sp³-hybridized carbons (Fsp3) is 0.348. The van der Waals surface area contributed by atoms with E-state index in [-0.39, 0.29) is 23.2 Å². The average molecular weight is 427 g/mol. The van der Waals surface area contributed by atoms with Gasteiger partial charge in [-0.3, -0.25) is 14.5 Å². The summed E-state index contributed by atoms with van der Waals surface area (Å²) in [5.41, 5.74) is 4.06. The van der Waals surface area contributed by atoms with Gasteiger partial charge in [-0.2, -0.15) is 0 Å². The molecule has 0 saturated carbocycles. The third-order valence-corrected chi connectivity index (χ3v) is 6.11. The highest BCUT2D eigenvalue weighted by molar-refractivity contribution is 8.18. The monoisotopic (exact) mass is 426 g/mol. The lowest BCUT2D eigenvalue weighted by Crippen LogP contribution is -2.36. The Kier molecular flexibility index (Phi) is 6.51. The van der Waals surface area contributed by atoms with Crippen molar-refractivity contribution in [1.29, 1.82) is 0 Å². The van der Waals surface area contributed by atoms with Crippen molar-refractivity contribution < 1.29 is 19.1 Å². The first-order valence-electron chi connectivity index (χ1n) is 10.0. The molecule has 2 amide bonds. The molecular formula is C23H26N2O4S. The molecule has 0 aliphatic carbocycles. The number of aromatic nitrogens is 1. The first-order chi connectivity index (χ1) is 14.3. The molecule has 1 aliphatic heterocycles. The van der Waals surface area contributed by atoms with Gasteiger partial charge in [-0.05, 0) is 81.8 Å². The van der Waals surface area contributed by atoms with E-state index in [0.717, 1.165) is 40.8 Å². The van der Waals surface area contributed by atoms with Crippen molar-refractivity contribution in [1.82, 2.24) is 9.47 Å². The highest BCUT2D eigenvalue weighted by Crippen LogP contribution is 2.35. The summed E-state index contributed by atoms with van der Waals surface area (Å²) in [5, 5.41) is -0.225. The van der Waals surface area contributed by atoms with Gasteiger partial charge < -0.3 is 9.30 Å². The fourth-order valence-corrected chi connectivity index (χ4v) is 4.42. The van der Waals surface area contributed by atoms with Crippen LogP contribution in [0.25, 0.3) is 11.8 Å². The summed E-state index contributed by atoms with van der Waals surface area (Å²) in [6.07, 6.45) is 2.50. The minimum atomic E-state index is -0.360. The van der Waals surface area contributed by atoms with E-state index in [2.05, 4.69) is 0 Å². The number of ether oxygens (including phenoxy) is 1. The van der Waals surface area contributed by atoms with E-state index in [9.17, 15) is 14.4 Å². The zero-order chi connectivity index (χ0) is 22.0. The largest absolute Gasteiger partial charge is 0.462 e. The number of carbonyl (C=O) groups is 3. The van der Waals surface area contributed by atoms with Crippen molar-refractivity contribution >= 4 is 35.0 Å². The van der Waals surface area contributed by atoms with Gasteiger partial charge in [0.05, 0.1) is 17.1 Å². The van der Waals surface area contributed by atoms with Gasteiger partial charge in [0.15, 0.2) is 0 Å². The molecule has 1 aliphatic rings. The lowest BCUT2D eigenvalue weighted by atomic mass is 10.2. The van der Waals surface area contributed by atoms with Crippen LogP contribution in [0.5, 0.6) is 0 Å². The van der Waals surface area contributed by atoms with E-state index in [4.69, 9.17) is 4.74 Å². The van der Waals surface area contributed by atoms with Gasteiger partial charge in [-0.25, -0.2) is 4.79 Å². The Labute approximate surface area is 180 Å². The van der Waals surface area contributed by atoms with Crippen molar-refractivity contribution in [2.45, 2.75) is 47.1 Å². The van der Waals surface area contributed by atoms with Crippen LogP contribution in [0.3, 0.4) is 0 Å². The molecule has 0 radical (unpaired) electrons. The van der Waals surface area contributed by atoms with Gasteiger partial charge in [0.2, 0.25) is 0 Å². The molecule has 2 aromatic rings. The summed E-state index contributed by atoms with van der Waals surface area (Å²) in [6, 6.07) is 9.10. The average Bonchev–Trinajstić information content (AvgIpc) is 3.16. The molecule has 158 valence electrons. The molecule has 0 spiro atoms. The molecule has 1 fully saturated rings. The third-order valence-electron chi connectivity index (χ3n) is 5.23.